The molecular formula is C22H22N4O2. The van der Waals surface area contributed by atoms with Crippen LogP contribution in [-0.4, -0.2) is 20.4 Å². The van der Waals surface area contributed by atoms with Gasteiger partial charge in [-0.1, -0.05) is 44.2 Å². The molecule has 0 fully saturated rings. The van der Waals surface area contributed by atoms with E-state index in [1.807, 2.05) is 62.4 Å². The Hall–Kier alpha value is -3.41. The highest BCUT2D eigenvalue weighted by Gasteiger charge is 2.24. The number of benzene rings is 2. The number of nitrogens with zero attached hydrogens (tertiary/aromatic N) is 2. The van der Waals surface area contributed by atoms with Crippen molar-refractivity contribution in [3.05, 3.63) is 76.3 Å². The van der Waals surface area contributed by atoms with Crippen LogP contribution in [0.1, 0.15) is 36.1 Å². The number of imidazole rings is 1. The summed E-state index contributed by atoms with van der Waals surface area (Å²) < 4.78 is 1.55. The summed E-state index contributed by atoms with van der Waals surface area (Å²) in [6, 6.07) is 16.3. The van der Waals surface area contributed by atoms with Gasteiger partial charge in [0.05, 0.1) is 28.2 Å². The third-order valence-corrected chi connectivity index (χ3v) is 5.05. The summed E-state index contributed by atoms with van der Waals surface area (Å²) >= 11 is 0. The minimum atomic E-state index is -0.303. The van der Waals surface area contributed by atoms with Gasteiger partial charge < -0.3 is 14.9 Å². The van der Waals surface area contributed by atoms with E-state index in [1.165, 1.54) is 6.07 Å². The SMILES string of the molecule is CC(C)C(NC(=O)c1cc(=O)n(C)c2ccccc12)c1nc2ccccc2[nH]1. The molecule has 0 aliphatic rings. The fourth-order valence-electron chi connectivity index (χ4n) is 3.49. The Morgan fingerprint density at radius 1 is 1.11 bits per heavy atom. The number of carbonyl (C=O) groups is 1. The fraction of sp³-hybridized carbons (Fsp3) is 0.227. The first-order valence-electron chi connectivity index (χ1n) is 9.30. The van der Waals surface area contributed by atoms with Crippen molar-refractivity contribution in [2.45, 2.75) is 19.9 Å². The van der Waals surface area contributed by atoms with Crippen molar-refractivity contribution in [3.63, 3.8) is 0 Å². The van der Waals surface area contributed by atoms with Gasteiger partial charge >= 0.3 is 0 Å². The van der Waals surface area contributed by atoms with Crippen molar-refractivity contribution in [3.8, 4) is 0 Å². The molecule has 0 spiro atoms. The molecule has 0 saturated heterocycles. The second kappa shape index (κ2) is 6.96. The molecule has 1 unspecified atom stereocenters. The minimum absolute atomic E-state index is 0.113. The van der Waals surface area contributed by atoms with Crippen LogP contribution in [0.4, 0.5) is 0 Å². The van der Waals surface area contributed by atoms with Crippen molar-refractivity contribution >= 4 is 27.8 Å². The van der Waals surface area contributed by atoms with Crippen molar-refractivity contribution in [2.75, 3.05) is 0 Å². The number of aromatic nitrogens is 3. The van der Waals surface area contributed by atoms with Gasteiger partial charge in [-0.15, -0.1) is 0 Å². The molecule has 4 rings (SSSR count). The summed E-state index contributed by atoms with van der Waals surface area (Å²) in [5.74, 6) is 0.535. The van der Waals surface area contributed by atoms with Gasteiger partial charge in [0.15, 0.2) is 0 Å². The normalized spacial score (nSPS) is 12.6. The molecule has 1 amide bonds. The number of hydrogen-bond donors (Lipinski definition) is 2. The molecule has 2 aromatic heterocycles. The molecule has 0 saturated carbocycles. The van der Waals surface area contributed by atoms with Crippen LogP contribution in [0.15, 0.2) is 59.4 Å². The van der Waals surface area contributed by atoms with Crippen LogP contribution in [0.3, 0.4) is 0 Å². The highest BCUT2D eigenvalue weighted by molar-refractivity contribution is 6.06. The van der Waals surface area contributed by atoms with E-state index in [4.69, 9.17) is 0 Å². The lowest BCUT2D eigenvalue weighted by Crippen LogP contribution is -2.33. The smallest absolute Gasteiger partial charge is 0.252 e. The van der Waals surface area contributed by atoms with Crippen LogP contribution in [0.2, 0.25) is 0 Å². The van der Waals surface area contributed by atoms with E-state index in [9.17, 15) is 9.59 Å². The third kappa shape index (κ3) is 3.07. The molecule has 142 valence electrons. The molecule has 6 nitrogen and oxygen atoms in total. The Kier molecular flexibility index (Phi) is 4.47. The second-order valence-electron chi connectivity index (χ2n) is 7.31. The molecule has 1 atom stereocenters. The lowest BCUT2D eigenvalue weighted by Gasteiger charge is -2.21. The molecule has 28 heavy (non-hydrogen) atoms. The van der Waals surface area contributed by atoms with Crippen molar-refractivity contribution in [1.29, 1.82) is 0 Å². The molecule has 0 bridgehead atoms. The fourth-order valence-corrected chi connectivity index (χ4v) is 3.49. The van der Waals surface area contributed by atoms with Gasteiger partial charge in [0.25, 0.3) is 11.5 Å². The number of carbonyl (C=O) groups excluding carboxylic acids is 1. The van der Waals surface area contributed by atoms with Gasteiger partial charge in [0.1, 0.15) is 5.82 Å². The van der Waals surface area contributed by atoms with E-state index >= 15 is 0 Å². The standard InChI is InChI=1S/C22H22N4O2/c1-13(2)20(21-23-16-9-5-6-10-17(16)24-21)25-22(28)15-12-19(27)26(3)18-11-7-4-8-14(15)18/h4-13,20H,1-3H3,(H,23,24)(H,25,28). The van der Waals surface area contributed by atoms with E-state index in [1.54, 1.807) is 11.6 Å². The quantitative estimate of drug-likeness (QED) is 0.573. The summed E-state index contributed by atoms with van der Waals surface area (Å²) in [5, 5.41) is 3.81. The highest BCUT2D eigenvalue weighted by atomic mass is 16.2. The number of hydrogen-bond acceptors (Lipinski definition) is 3. The van der Waals surface area contributed by atoms with Crippen molar-refractivity contribution < 1.29 is 4.79 Å². The maximum Gasteiger partial charge on any atom is 0.252 e. The van der Waals surface area contributed by atoms with Gasteiger partial charge in [-0.25, -0.2) is 4.98 Å². The Bertz CT molecular complexity index is 1200. The summed E-state index contributed by atoms with van der Waals surface area (Å²) in [4.78, 5) is 33.4. The highest BCUT2D eigenvalue weighted by Crippen LogP contribution is 2.24. The van der Waals surface area contributed by atoms with Crippen molar-refractivity contribution in [1.82, 2.24) is 19.9 Å². The molecule has 2 N–H and O–H groups in total. The van der Waals surface area contributed by atoms with Gasteiger partial charge in [-0.3, -0.25) is 9.59 Å². The van der Waals surface area contributed by atoms with Crippen molar-refractivity contribution in [2.24, 2.45) is 13.0 Å². The van der Waals surface area contributed by atoms with E-state index in [-0.39, 0.29) is 23.4 Å². The third-order valence-electron chi connectivity index (χ3n) is 5.05. The largest absolute Gasteiger partial charge is 0.342 e. The number of nitrogens with one attached hydrogen (secondary N) is 2. The Labute approximate surface area is 162 Å². The zero-order chi connectivity index (χ0) is 19.8. The van der Waals surface area contributed by atoms with Gasteiger partial charge in [-0.2, -0.15) is 0 Å². The molecule has 0 aliphatic carbocycles. The van der Waals surface area contributed by atoms with Crippen LogP contribution in [-0.2, 0) is 7.05 Å². The molecule has 2 heterocycles. The van der Waals surface area contributed by atoms with Gasteiger partial charge in [0, 0.05) is 18.5 Å². The lowest BCUT2D eigenvalue weighted by atomic mass is 10.0. The predicted octanol–water partition coefficient (Wildman–Crippen LogP) is 3.54. The number of para-hydroxylation sites is 3. The van der Waals surface area contributed by atoms with E-state index in [2.05, 4.69) is 15.3 Å². The van der Waals surface area contributed by atoms with Gasteiger partial charge in [-0.05, 0) is 24.1 Å². The van der Waals surface area contributed by atoms with Crippen LogP contribution in [0.5, 0.6) is 0 Å². The average molecular weight is 374 g/mol. The number of aryl methyl sites for hydroxylation is 1. The predicted molar refractivity (Wildman–Crippen MR) is 110 cm³/mol. The Balaban J connectivity index is 1.74. The maximum atomic E-state index is 13.1. The lowest BCUT2D eigenvalue weighted by molar-refractivity contribution is 0.0925. The summed E-state index contributed by atoms with van der Waals surface area (Å²) in [6.07, 6.45) is 0. The molecule has 6 heteroatoms. The summed E-state index contributed by atoms with van der Waals surface area (Å²) in [5.41, 5.74) is 2.67. The van der Waals surface area contributed by atoms with Crippen LogP contribution in [0.25, 0.3) is 21.9 Å². The number of amides is 1. The average Bonchev–Trinajstić information content (AvgIpc) is 3.12. The summed E-state index contributed by atoms with van der Waals surface area (Å²) in [6.45, 7) is 4.06. The van der Waals surface area contributed by atoms with Crippen LogP contribution < -0.4 is 10.9 Å². The number of rotatable bonds is 4. The number of aromatic amines is 1. The zero-order valence-electron chi connectivity index (χ0n) is 16.1. The van der Waals surface area contributed by atoms with E-state index in [0.717, 1.165) is 21.9 Å². The number of fused-ring (bicyclic) bond motifs is 2. The van der Waals surface area contributed by atoms with E-state index in [0.29, 0.717) is 11.4 Å². The van der Waals surface area contributed by atoms with E-state index < -0.39 is 0 Å². The first kappa shape index (κ1) is 18.0. The maximum absolute atomic E-state index is 13.1. The first-order chi connectivity index (χ1) is 13.5. The Morgan fingerprint density at radius 2 is 1.82 bits per heavy atom. The summed E-state index contributed by atoms with van der Waals surface area (Å²) in [7, 11) is 1.71. The number of pyridine rings is 1. The minimum Gasteiger partial charge on any atom is -0.342 e. The molecule has 4 aromatic rings. The first-order valence-corrected chi connectivity index (χ1v) is 9.30. The second-order valence-corrected chi connectivity index (χ2v) is 7.31. The van der Waals surface area contributed by atoms with Crippen LogP contribution in [0, 0.1) is 5.92 Å². The molecule has 0 aliphatic heterocycles. The monoisotopic (exact) mass is 374 g/mol. The van der Waals surface area contributed by atoms with Gasteiger partial charge in [0.2, 0.25) is 0 Å². The topological polar surface area (TPSA) is 79.8 Å². The molecular weight excluding hydrogens is 352 g/mol. The molecule has 0 radical (unpaired) electrons. The molecule has 2 aromatic carbocycles. The Morgan fingerprint density at radius 3 is 2.57 bits per heavy atom. The van der Waals surface area contributed by atoms with Crippen LogP contribution >= 0.6 is 0 Å². The number of H-pyrrole nitrogens is 1. The zero-order valence-corrected chi connectivity index (χ0v) is 16.1.